The molecule has 17 heavy (non-hydrogen) atoms. The molecule has 0 atom stereocenters. The molecule has 0 bridgehead atoms. The average molecular weight is 233 g/mol. The Hall–Kier alpha value is -2.29. The number of primary amides is 1. The fraction of sp³-hybridized carbons (Fsp3) is 0.364. The van der Waals surface area contributed by atoms with Gasteiger partial charge in [-0.05, 0) is 19.9 Å². The topological polar surface area (TPSA) is 104 Å². The molecule has 0 aliphatic heterocycles. The Kier molecular flexibility index (Phi) is 4.29. The Bertz CT molecular complexity index is 464. The van der Waals surface area contributed by atoms with Gasteiger partial charge in [0.15, 0.2) is 0 Å². The number of urea groups is 1. The summed E-state index contributed by atoms with van der Waals surface area (Å²) in [6, 6.07) is 3.34. The van der Waals surface area contributed by atoms with Crippen molar-refractivity contribution in [2.75, 3.05) is 18.4 Å². The predicted octanol–water partition coefficient (Wildman–Crippen LogP) is 0.650. The second-order valence-electron chi connectivity index (χ2n) is 3.60. The fourth-order valence-electron chi connectivity index (χ4n) is 1.49. The first-order chi connectivity index (χ1) is 8.04. The summed E-state index contributed by atoms with van der Waals surface area (Å²) in [6.07, 6.45) is 0. The fourth-order valence-corrected chi connectivity index (χ4v) is 1.49. The Morgan fingerprint density at radius 3 is 2.82 bits per heavy atom. The zero-order valence-electron chi connectivity index (χ0n) is 9.87. The minimum absolute atomic E-state index is 0.403. The van der Waals surface area contributed by atoms with Gasteiger partial charge in [-0.3, -0.25) is 4.98 Å². The molecule has 0 saturated carbocycles. The molecular formula is C11H15N5O. The highest BCUT2D eigenvalue weighted by Crippen LogP contribution is 2.18. The van der Waals surface area contributed by atoms with Crippen LogP contribution in [0.5, 0.6) is 0 Å². The molecule has 4 N–H and O–H groups in total. The van der Waals surface area contributed by atoms with Gasteiger partial charge < -0.3 is 16.4 Å². The third-order valence-corrected chi connectivity index (χ3v) is 2.18. The normalized spacial score (nSPS) is 9.47. The van der Waals surface area contributed by atoms with Gasteiger partial charge in [-0.15, -0.1) is 0 Å². The largest absolute Gasteiger partial charge is 0.382 e. The Balaban J connectivity index is 2.70. The van der Waals surface area contributed by atoms with Crippen LogP contribution in [0.15, 0.2) is 6.07 Å². The van der Waals surface area contributed by atoms with Crippen molar-refractivity contribution < 1.29 is 4.79 Å². The number of nitrogens with zero attached hydrogens (tertiary/aromatic N) is 2. The van der Waals surface area contributed by atoms with E-state index in [4.69, 9.17) is 11.0 Å². The van der Waals surface area contributed by atoms with Crippen LogP contribution < -0.4 is 16.4 Å². The van der Waals surface area contributed by atoms with Crippen LogP contribution in [0.2, 0.25) is 0 Å². The van der Waals surface area contributed by atoms with Crippen molar-refractivity contribution in [1.29, 1.82) is 5.26 Å². The summed E-state index contributed by atoms with van der Waals surface area (Å²) in [5.41, 5.74) is 7.72. The number of hydrogen-bond acceptors (Lipinski definition) is 4. The average Bonchev–Trinajstić information content (AvgIpc) is 2.23. The standard InChI is InChI=1S/C11H15N5O/c1-7-5-10(9(6-12)8(2)16-7)14-3-4-15-11(13)17/h5H,3-4H2,1-2H3,(H,14,16)(H3,13,15,17). The summed E-state index contributed by atoms with van der Waals surface area (Å²) in [5.74, 6) is 0. The molecule has 6 nitrogen and oxygen atoms in total. The van der Waals surface area contributed by atoms with E-state index in [9.17, 15) is 4.79 Å². The molecule has 0 spiro atoms. The van der Waals surface area contributed by atoms with Crippen molar-refractivity contribution in [3.63, 3.8) is 0 Å². The highest BCUT2D eigenvalue weighted by atomic mass is 16.2. The summed E-state index contributed by atoms with van der Waals surface area (Å²) < 4.78 is 0. The van der Waals surface area contributed by atoms with Gasteiger partial charge in [-0.25, -0.2) is 4.79 Å². The maximum Gasteiger partial charge on any atom is 0.312 e. The smallest absolute Gasteiger partial charge is 0.312 e. The summed E-state index contributed by atoms with van der Waals surface area (Å²) in [5, 5.41) is 14.5. The lowest BCUT2D eigenvalue weighted by Crippen LogP contribution is -2.33. The molecule has 1 aromatic heterocycles. The molecule has 0 fully saturated rings. The molecule has 6 heteroatoms. The number of carbonyl (C=O) groups excluding carboxylic acids is 1. The lowest BCUT2D eigenvalue weighted by atomic mass is 10.1. The van der Waals surface area contributed by atoms with Crippen LogP contribution >= 0.6 is 0 Å². The molecule has 2 amide bonds. The van der Waals surface area contributed by atoms with Crippen LogP contribution in [0.3, 0.4) is 0 Å². The first-order valence-electron chi connectivity index (χ1n) is 5.20. The molecule has 0 aliphatic rings. The molecular weight excluding hydrogens is 218 g/mol. The van der Waals surface area contributed by atoms with E-state index in [1.165, 1.54) is 0 Å². The zero-order chi connectivity index (χ0) is 12.8. The van der Waals surface area contributed by atoms with E-state index < -0.39 is 6.03 Å². The number of anilines is 1. The van der Waals surface area contributed by atoms with Crippen molar-refractivity contribution >= 4 is 11.7 Å². The molecule has 0 aromatic carbocycles. The van der Waals surface area contributed by atoms with Gasteiger partial charge in [0.25, 0.3) is 0 Å². The van der Waals surface area contributed by atoms with Gasteiger partial charge in [0.2, 0.25) is 0 Å². The van der Waals surface area contributed by atoms with Crippen LogP contribution in [-0.2, 0) is 0 Å². The number of aryl methyl sites for hydroxylation is 2. The van der Waals surface area contributed by atoms with Crippen molar-refractivity contribution in [3.05, 3.63) is 23.0 Å². The van der Waals surface area contributed by atoms with E-state index in [0.29, 0.717) is 24.3 Å². The van der Waals surface area contributed by atoms with Gasteiger partial charge in [0, 0.05) is 18.8 Å². The molecule has 0 saturated heterocycles. The molecule has 1 rings (SSSR count). The maximum absolute atomic E-state index is 10.5. The maximum atomic E-state index is 10.5. The highest BCUT2D eigenvalue weighted by molar-refractivity contribution is 5.71. The predicted molar refractivity (Wildman–Crippen MR) is 64.5 cm³/mol. The summed E-state index contributed by atoms with van der Waals surface area (Å²) >= 11 is 0. The van der Waals surface area contributed by atoms with Gasteiger partial charge in [0.1, 0.15) is 6.07 Å². The van der Waals surface area contributed by atoms with E-state index in [2.05, 4.69) is 21.7 Å². The Morgan fingerprint density at radius 1 is 1.53 bits per heavy atom. The second-order valence-corrected chi connectivity index (χ2v) is 3.60. The van der Waals surface area contributed by atoms with Crippen molar-refractivity contribution in [3.8, 4) is 6.07 Å². The SMILES string of the molecule is Cc1cc(NCCNC(N)=O)c(C#N)c(C)n1. The Morgan fingerprint density at radius 2 is 2.24 bits per heavy atom. The van der Waals surface area contributed by atoms with Gasteiger partial charge in [-0.1, -0.05) is 0 Å². The van der Waals surface area contributed by atoms with E-state index in [0.717, 1.165) is 11.4 Å². The van der Waals surface area contributed by atoms with Crippen LogP contribution in [0, 0.1) is 25.2 Å². The molecule has 0 radical (unpaired) electrons. The summed E-state index contributed by atoms with van der Waals surface area (Å²) in [4.78, 5) is 14.7. The monoisotopic (exact) mass is 233 g/mol. The molecule has 1 aromatic rings. The number of nitrogens with two attached hydrogens (primary N) is 1. The number of rotatable bonds is 4. The minimum atomic E-state index is -0.561. The number of nitrogens with one attached hydrogen (secondary N) is 2. The minimum Gasteiger partial charge on any atom is -0.382 e. The first-order valence-corrected chi connectivity index (χ1v) is 5.20. The highest BCUT2D eigenvalue weighted by Gasteiger charge is 2.07. The van der Waals surface area contributed by atoms with Gasteiger partial charge in [0.05, 0.1) is 16.9 Å². The zero-order valence-corrected chi connectivity index (χ0v) is 9.87. The third-order valence-electron chi connectivity index (χ3n) is 2.18. The molecule has 0 aliphatic carbocycles. The van der Waals surface area contributed by atoms with Crippen LogP contribution in [0.1, 0.15) is 17.0 Å². The van der Waals surface area contributed by atoms with E-state index in [1.807, 2.05) is 6.92 Å². The van der Waals surface area contributed by atoms with Gasteiger partial charge in [-0.2, -0.15) is 5.26 Å². The van der Waals surface area contributed by atoms with E-state index >= 15 is 0 Å². The Labute approximate surface area is 99.8 Å². The van der Waals surface area contributed by atoms with E-state index in [-0.39, 0.29) is 0 Å². The molecule has 90 valence electrons. The van der Waals surface area contributed by atoms with Crippen LogP contribution in [-0.4, -0.2) is 24.1 Å². The number of hydrogen-bond donors (Lipinski definition) is 3. The summed E-state index contributed by atoms with van der Waals surface area (Å²) in [7, 11) is 0. The number of nitriles is 1. The first kappa shape index (κ1) is 12.8. The second kappa shape index (κ2) is 5.70. The summed E-state index contributed by atoms with van der Waals surface area (Å²) in [6.45, 7) is 4.56. The third kappa shape index (κ3) is 3.65. The number of aromatic nitrogens is 1. The number of pyridine rings is 1. The van der Waals surface area contributed by atoms with Crippen molar-refractivity contribution in [2.24, 2.45) is 5.73 Å². The molecule has 0 unspecified atom stereocenters. The quantitative estimate of drug-likeness (QED) is 0.664. The van der Waals surface area contributed by atoms with Crippen molar-refractivity contribution in [1.82, 2.24) is 10.3 Å². The van der Waals surface area contributed by atoms with E-state index in [1.54, 1.807) is 13.0 Å². The lowest BCUT2D eigenvalue weighted by molar-refractivity contribution is 0.249. The number of carbonyl (C=O) groups is 1. The van der Waals surface area contributed by atoms with Crippen LogP contribution in [0.25, 0.3) is 0 Å². The number of amides is 2. The van der Waals surface area contributed by atoms with Crippen molar-refractivity contribution in [2.45, 2.75) is 13.8 Å². The lowest BCUT2D eigenvalue weighted by Gasteiger charge is -2.10. The molecule has 1 heterocycles. The van der Waals surface area contributed by atoms with Gasteiger partial charge >= 0.3 is 6.03 Å². The van der Waals surface area contributed by atoms with Crippen LogP contribution in [0.4, 0.5) is 10.5 Å².